The van der Waals surface area contributed by atoms with Crippen molar-refractivity contribution in [3.8, 4) is 5.75 Å². The number of hydrogen-bond donors (Lipinski definition) is 0. The lowest BCUT2D eigenvalue weighted by atomic mass is 10.00. The lowest BCUT2D eigenvalue weighted by Gasteiger charge is -2.37. The summed E-state index contributed by atoms with van der Waals surface area (Å²) in [6.45, 7) is 5.53. The number of carbonyl (C=O) groups excluding carboxylic acids is 2. The Hall–Kier alpha value is -2.64. The van der Waals surface area contributed by atoms with Gasteiger partial charge in [0.2, 0.25) is 5.91 Å². The van der Waals surface area contributed by atoms with Crippen LogP contribution in [0.5, 0.6) is 5.75 Å². The molecule has 0 radical (unpaired) electrons. The van der Waals surface area contributed by atoms with Gasteiger partial charge in [-0.05, 0) is 71.3 Å². The number of nitrogens with zero attached hydrogens (tertiary/aromatic N) is 2. The van der Waals surface area contributed by atoms with Crippen LogP contribution in [0.3, 0.4) is 0 Å². The van der Waals surface area contributed by atoms with E-state index in [1.165, 1.54) is 27.3 Å². The SMILES string of the molecule is CC(C)c1ccc(OC[C@@H]2c3ccsc3CCN2C(=O)CN(C(=O)c2cccs2)C2CC2)cc1. The average molecular weight is 495 g/mol. The van der Waals surface area contributed by atoms with Crippen LogP contribution in [0.1, 0.15) is 64.3 Å². The molecule has 0 N–H and O–H groups in total. The van der Waals surface area contributed by atoms with Gasteiger partial charge in [-0.3, -0.25) is 9.59 Å². The molecule has 34 heavy (non-hydrogen) atoms. The zero-order valence-corrected chi connectivity index (χ0v) is 21.2. The molecule has 0 saturated heterocycles. The maximum absolute atomic E-state index is 13.6. The van der Waals surface area contributed by atoms with Crippen molar-refractivity contribution in [2.24, 2.45) is 0 Å². The monoisotopic (exact) mass is 494 g/mol. The highest BCUT2D eigenvalue weighted by atomic mass is 32.1. The van der Waals surface area contributed by atoms with E-state index in [-0.39, 0.29) is 30.4 Å². The molecule has 1 fully saturated rings. The lowest BCUT2D eigenvalue weighted by molar-refractivity contribution is -0.135. The maximum atomic E-state index is 13.6. The Morgan fingerprint density at radius 3 is 2.56 bits per heavy atom. The summed E-state index contributed by atoms with van der Waals surface area (Å²) in [4.78, 5) is 32.4. The summed E-state index contributed by atoms with van der Waals surface area (Å²) in [7, 11) is 0. The smallest absolute Gasteiger partial charge is 0.264 e. The van der Waals surface area contributed by atoms with Gasteiger partial charge in [0.15, 0.2) is 0 Å². The van der Waals surface area contributed by atoms with Crippen LogP contribution < -0.4 is 4.74 Å². The molecule has 0 unspecified atom stereocenters. The highest BCUT2D eigenvalue weighted by Gasteiger charge is 2.38. The van der Waals surface area contributed by atoms with Gasteiger partial charge < -0.3 is 14.5 Å². The Labute approximate surface area is 209 Å². The van der Waals surface area contributed by atoms with Gasteiger partial charge in [-0.25, -0.2) is 0 Å². The fourth-order valence-electron chi connectivity index (χ4n) is 4.53. The molecule has 1 saturated carbocycles. The molecular weight excluding hydrogens is 464 g/mol. The second-order valence-corrected chi connectivity index (χ2v) is 11.3. The minimum atomic E-state index is -0.148. The van der Waals surface area contributed by atoms with E-state index in [2.05, 4.69) is 37.4 Å². The molecule has 1 aromatic carbocycles. The van der Waals surface area contributed by atoms with Gasteiger partial charge in [0.1, 0.15) is 18.9 Å². The van der Waals surface area contributed by atoms with Gasteiger partial charge in [-0.1, -0.05) is 32.0 Å². The summed E-state index contributed by atoms with van der Waals surface area (Å²) in [6.07, 6.45) is 2.79. The largest absolute Gasteiger partial charge is 0.491 e. The minimum absolute atomic E-state index is 0.00240. The van der Waals surface area contributed by atoms with Crippen molar-refractivity contribution in [1.82, 2.24) is 9.80 Å². The fraction of sp³-hybridized carbons (Fsp3) is 0.407. The highest BCUT2D eigenvalue weighted by Crippen LogP contribution is 2.35. The third kappa shape index (κ3) is 4.91. The van der Waals surface area contributed by atoms with E-state index in [1.807, 2.05) is 34.5 Å². The predicted octanol–water partition coefficient (Wildman–Crippen LogP) is 5.74. The first kappa shape index (κ1) is 23.1. The molecule has 7 heteroatoms. The zero-order chi connectivity index (χ0) is 23.7. The number of rotatable bonds is 8. The second-order valence-electron chi connectivity index (χ2n) is 9.33. The molecule has 5 nitrogen and oxygen atoms in total. The standard InChI is InChI=1S/C27H30N2O3S2/c1-18(2)19-5-9-21(10-6-19)32-17-23-22-12-15-34-24(22)11-13-28(23)26(30)16-29(20-7-8-20)27(31)25-4-3-14-33-25/h3-6,9-10,12,14-15,18,20,23H,7-8,11,13,16-17H2,1-2H3/t23-/m1/s1. The lowest BCUT2D eigenvalue weighted by Crippen LogP contribution is -2.48. The van der Waals surface area contributed by atoms with Crippen molar-refractivity contribution in [3.05, 3.63) is 74.1 Å². The molecule has 1 aliphatic heterocycles. The van der Waals surface area contributed by atoms with Crippen molar-refractivity contribution < 1.29 is 14.3 Å². The molecule has 2 amide bonds. The predicted molar refractivity (Wildman–Crippen MR) is 137 cm³/mol. The number of fused-ring (bicyclic) bond motifs is 1. The van der Waals surface area contributed by atoms with E-state index in [1.54, 1.807) is 16.2 Å². The maximum Gasteiger partial charge on any atom is 0.264 e. The molecule has 3 aromatic rings. The van der Waals surface area contributed by atoms with Gasteiger partial charge in [0, 0.05) is 17.5 Å². The van der Waals surface area contributed by atoms with Crippen molar-refractivity contribution in [3.63, 3.8) is 0 Å². The van der Waals surface area contributed by atoms with Crippen LogP contribution in [0, 0.1) is 0 Å². The zero-order valence-electron chi connectivity index (χ0n) is 19.6. The molecular formula is C27H30N2O3S2. The topological polar surface area (TPSA) is 49.9 Å². The van der Waals surface area contributed by atoms with Gasteiger partial charge in [-0.2, -0.15) is 0 Å². The number of amides is 2. The molecule has 1 aliphatic carbocycles. The van der Waals surface area contributed by atoms with Crippen LogP contribution in [0.15, 0.2) is 53.2 Å². The molecule has 3 heterocycles. The van der Waals surface area contributed by atoms with Crippen molar-refractivity contribution in [2.75, 3.05) is 19.7 Å². The van der Waals surface area contributed by atoms with E-state index in [0.29, 0.717) is 23.9 Å². The first-order chi connectivity index (χ1) is 16.5. The Morgan fingerprint density at radius 2 is 1.88 bits per heavy atom. The van der Waals surface area contributed by atoms with E-state index in [9.17, 15) is 9.59 Å². The summed E-state index contributed by atoms with van der Waals surface area (Å²) < 4.78 is 6.19. The van der Waals surface area contributed by atoms with Gasteiger partial charge in [0.05, 0.1) is 10.9 Å². The highest BCUT2D eigenvalue weighted by molar-refractivity contribution is 7.12. The Bertz CT molecular complexity index is 1130. The molecule has 178 valence electrons. The number of carbonyl (C=O) groups is 2. The van der Waals surface area contributed by atoms with Gasteiger partial charge in [0.25, 0.3) is 5.91 Å². The Kier molecular flexibility index (Phi) is 6.75. The van der Waals surface area contributed by atoms with Gasteiger partial charge in [-0.15, -0.1) is 22.7 Å². The third-order valence-corrected chi connectivity index (χ3v) is 8.51. The fourth-order valence-corrected chi connectivity index (χ4v) is 6.14. The average Bonchev–Trinajstić information content (AvgIpc) is 3.32. The van der Waals surface area contributed by atoms with Crippen LogP contribution >= 0.6 is 22.7 Å². The van der Waals surface area contributed by atoms with Crippen LogP contribution in [-0.2, 0) is 11.2 Å². The van der Waals surface area contributed by atoms with Crippen LogP contribution in [0.25, 0.3) is 0 Å². The number of ether oxygens (including phenoxy) is 1. The van der Waals surface area contributed by atoms with Crippen molar-refractivity contribution in [1.29, 1.82) is 0 Å². The van der Waals surface area contributed by atoms with E-state index in [0.717, 1.165) is 25.0 Å². The molecule has 2 aliphatic rings. The minimum Gasteiger partial charge on any atom is -0.491 e. The quantitative estimate of drug-likeness (QED) is 0.401. The molecule has 0 spiro atoms. The Balaban J connectivity index is 1.32. The van der Waals surface area contributed by atoms with Crippen LogP contribution in [0.2, 0.25) is 0 Å². The molecule has 5 rings (SSSR count). The summed E-state index contributed by atoms with van der Waals surface area (Å²) in [5.74, 6) is 1.25. The second kappa shape index (κ2) is 9.92. The van der Waals surface area contributed by atoms with Crippen molar-refractivity contribution in [2.45, 2.75) is 51.1 Å². The number of benzene rings is 1. The van der Waals surface area contributed by atoms with Crippen LogP contribution in [0.4, 0.5) is 0 Å². The Morgan fingerprint density at radius 1 is 1.09 bits per heavy atom. The number of hydrogen-bond acceptors (Lipinski definition) is 5. The molecule has 0 bridgehead atoms. The summed E-state index contributed by atoms with van der Waals surface area (Å²) >= 11 is 3.18. The summed E-state index contributed by atoms with van der Waals surface area (Å²) in [6, 6.07) is 14.1. The summed E-state index contributed by atoms with van der Waals surface area (Å²) in [5.41, 5.74) is 2.45. The molecule has 1 atom stereocenters. The third-order valence-electron chi connectivity index (χ3n) is 6.66. The van der Waals surface area contributed by atoms with E-state index < -0.39 is 0 Å². The van der Waals surface area contributed by atoms with Gasteiger partial charge >= 0.3 is 0 Å². The number of thiophene rings is 2. The normalized spacial score (nSPS) is 17.5. The van der Waals surface area contributed by atoms with Crippen molar-refractivity contribution >= 4 is 34.5 Å². The van der Waals surface area contributed by atoms with E-state index in [4.69, 9.17) is 4.74 Å². The first-order valence-corrected chi connectivity index (χ1v) is 13.7. The first-order valence-electron chi connectivity index (χ1n) is 11.9. The molecule has 2 aromatic heterocycles. The van der Waals surface area contributed by atoms with Crippen LogP contribution in [-0.4, -0.2) is 47.4 Å². The summed E-state index contributed by atoms with van der Waals surface area (Å²) in [5, 5.41) is 4.00. The van der Waals surface area contributed by atoms with E-state index >= 15 is 0 Å².